The number of carbonyl (C=O) groups excluding carboxylic acids is 1. The minimum atomic E-state index is -0.387. The van der Waals surface area contributed by atoms with Gasteiger partial charge in [0.2, 0.25) is 0 Å². The number of thiocarbonyl (C=S) groups is 1. The highest BCUT2D eigenvalue weighted by molar-refractivity contribution is 7.80. The number of carbonyl (C=O) groups is 1. The van der Waals surface area contributed by atoms with E-state index in [1.807, 2.05) is 15.5 Å². The fourth-order valence-corrected chi connectivity index (χ4v) is 4.15. The molecular formula is C19H18FN3O2S. The number of piperidine rings is 1. The van der Waals surface area contributed by atoms with Crippen LogP contribution in [0.1, 0.15) is 28.4 Å². The fraction of sp³-hybridized carbons (Fsp3) is 0.316. The average Bonchev–Trinajstić information content (AvgIpc) is 2.63. The van der Waals surface area contributed by atoms with Crippen LogP contribution in [0.3, 0.4) is 0 Å². The summed E-state index contributed by atoms with van der Waals surface area (Å²) >= 11 is 5.43. The van der Waals surface area contributed by atoms with Crippen molar-refractivity contribution in [2.45, 2.75) is 18.9 Å². The normalized spacial score (nSPS) is 21.0. The van der Waals surface area contributed by atoms with Crippen LogP contribution in [-0.4, -0.2) is 33.6 Å². The molecular weight excluding hydrogens is 353 g/mol. The first kappa shape index (κ1) is 16.9. The summed E-state index contributed by atoms with van der Waals surface area (Å²) in [5, 5.41) is 3.11. The lowest BCUT2D eigenvalue weighted by molar-refractivity contribution is 0.0968. The molecule has 1 N–H and O–H groups in total. The third-order valence-electron chi connectivity index (χ3n) is 5.09. The molecule has 5 nitrogen and oxygen atoms in total. The van der Waals surface area contributed by atoms with Crippen molar-refractivity contribution in [1.82, 2.24) is 14.8 Å². The Kier molecular flexibility index (Phi) is 4.32. The van der Waals surface area contributed by atoms with Crippen molar-refractivity contribution in [3.8, 4) is 0 Å². The van der Waals surface area contributed by atoms with Crippen molar-refractivity contribution in [1.29, 1.82) is 0 Å². The van der Waals surface area contributed by atoms with Crippen molar-refractivity contribution in [3.05, 3.63) is 69.9 Å². The minimum Gasteiger partial charge on any atom is -0.348 e. The highest BCUT2D eigenvalue weighted by atomic mass is 32.1. The van der Waals surface area contributed by atoms with Crippen LogP contribution in [0.15, 0.2) is 47.3 Å². The first-order valence-electron chi connectivity index (χ1n) is 8.57. The molecule has 1 saturated heterocycles. The molecule has 26 heavy (non-hydrogen) atoms. The molecule has 2 aliphatic rings. The summed E-state index contributed by atoms with van der Waals surface area (Å²) in [5.41, 5.74) is 1.44. The van der Waals surface area contributed by atoms with Gasteiger partial charge in [-0.2, -0.15) is 0 Å². The quantitative estimate of drug-likeness (QED) is 0.781. The first-order valence-corrected chi connectivity index (χ1v) is 8.97. The maximum absolute atomic E-state index is 13.0. The highest BCUT2D eigenvalue weighted by Gasteiger charge is 2.35. The van der Waals surface area contributed by atoms with Crippen molar-refractivity contribution in [3.63, 3.8) is 0 Å². The van der Waals surface area contributed by atoms with E-state index in [9.17, 15) is 14.0 Å². The van der Waals surface area contributed by atoms with Gasteiger partial charge in [-0.1, -0.05) is 6.07 Å². The Hall–Kier alpha value is -2.54. The Morgan fingerprint density at radius 1 is 1.12 bits per heavy atom. The molecule has 2 atom stereocenters. The van der Waals surface area contributed by atoms with E-state index in [0.717, 1.165) is 12.1 Å². The monoisotopic (exact) mass is 371 g/mol. The second kappa shape index (κ2) is 6.64. The van der Waals surface area contributed by atoms with Crippen LogP contribution in [-0.2, 0) is 6.54 Å². The Balaban J connectivity index is 1.48. The molecule has 1 fully saturated rings. The summed E-state index contributed by atoms with van der Waals surface area (Å²) in [6, 6.07) is 10.7. The van der Waals surface area contributed by atoms with Gasteiger partial charge in [0.05, 0.1) is 0 Å². The molecule has 134 valence electrons. The van der Waals surface area contributed by atoms with E-state index in [0.29, 0.717) is 36.2 Å². The number of halogens is 1. The molecule has 4 rings (SSSR count). The van der Waals surface area contributed by atoms with Crippen LogP contribution < -0.4 is 10.9 Å². The summed E-state index contributed by atoms with van der Waals surface area (Å²) in [7, 11) is 0. The summed E-state index contributed by atoms with van der Waals surface area (Å²) in [6.07, 6.45) is 1.02. The lowest BCUT2D eigenvalue weighted by atomic mass is 9.83. The SMILES string of the molecule is O=C(NC(=S)N1CC2C[C@H](C1)Cn1c2cccc1=O)c1ccc(F)cc1. The summed E-state index contributed by atoms with van der Waals surface area (Å²) in [4.78, 5) is 26.4. The molecule has 2 aromatic rings. The molecule has 0 spiro atoms. The number of benzene rings is 1. The molecule has 1 unspecified atom stereocenters. The molecule has 0 radical (unpaired) electrons. The Labute approximate surface area is 155 Å². The number of fused-ring (bicyclic) bond motifs is 4. The summed E-state index contributed by atoms with van der Waals surface area (Å²) < 4.78 is 14.9. The largest absolute Gasteiger partial charge is 0.348 e. The number of rotatable bonds is 1. The van der Waals surface area contributed by atoms with Gasteiger partial charge in [0.1, 0.15) is 5.82 Å². The summed E-state index contributed by atoms with van der Waals surface area (Å²) in [6.45, 7) is 2.05. The van der Waals surface area contributed by atoms with Crippen molar-refractivity contribution in [2.75, 3.05) is 13.1 Å². The van der Waals surface area contributed by atoms with Gasteiger partial charge < -0.3 is 9.47 Å². The van der Waals surface area contributed by atoms with E-state index in [1.54, 1.807) is 12.1 Å². The minimum absolute atomic E-state index is 0.0397. The molecule has 0 saturated carbocycles. The zero-order chi connectivity index (χ0) is 18.3. The number of pyridine rings is 1. The van der Waals surface area contributed by atoms with E-state index in [2.05, 4.69) is 5.32 Å². The predicted molar refractivity (Wildman–Crippen MR) is 99.6 cm³/mol. The second-order valence-electron chi connectivity index (χ2n) is 6.87. The number of amides is 1. The van der Waals surface area contributed by atoms with Crippen molar-refractivity contribution >= 4 is 23.2 Å². The molecule has 0 aliphatic carbocycles. The van der Waals surface area contributed by atoms with Gasteiger partial charge in [0.15, 0.2) is 5.11 Å². The smallest absolute Gasteiger partial charge is 0.257 e. The van der Waals surface area contributed by atoms with Gasteiger partial charge >= 0.3 is 0 Å². The van der Waals surface area contributed by atoms with Gasteiger partial charge in [0.25, 0.3) is 11.5 Å². The fourth-order valence-electron chi connectivity index (χ4n) is 3.91. The first-order chi connectivity index (χ1) is 12.5. The van der Waals surface area contributed by atoms with Gasteiger partial charge in [-0.3, -0.25) is 14.9 Å². The van der Waals surface area contributed by atoms with E-state index < -0.39 is 0 Å². The number of hydrogen-bond acceptors (Lipinski definition) is 3. The number of likely N-dealkylation sites (tertiary alicyclic amines) is 1. The Bertz CT molecular complexity index is 925. The highest BCUT2D eigenvalue weighted by Crippen LogP contribution is 2.34. The zero-order valence-electron chi connectivity index (χ0n) is 14.0. The van der Waals surface area contributed by atoms with E-state index >= 15 is 0 Å². The molecule has 2 aliphatic heterocycles. The van der Waals surface area contributed by atoms with Crippen LogP contribution in [0.4, 0.5) is 4.39 Å². The number of nitrogens with zero attached hydrogens (tertiary/aromatic N) is 2. The number of nitrogens with one attached hydrogen (secondary N) is 1. The van der Waals surface area contributed by atoms with E-state index in [1.165, 1.54) is 24.3 Å². The lowest BCUT2D eigenvalue weighted by Gasteiger charge is -2.43. The standard InChI is InChI=1S/C19H18FN3O2S/c20-15-6-4-13(5-7-15)18(25)21-19(26)22-9-12-8-14(11-22)16-2-1-3-17(24)23(16)10-12/h1-7,12,14H,8-11H2,(H,21,25,26)/t12-,14?/m1/s1. The molecule has 2 bridgehead atoms. The van der Waals surface area contributed by atoms with Crippen molar-refractivity contribution in [2.24, 2.45) is 5.92 Å². The lowest BCUT2D eigenvalue weighted by Crippen LogP contribution is -2.52. The summed E-state index contributed by atoms with van der Waals surface area (Å²) in [5.74, 6) is -0.191. The van der Waals surface area contributed by atoms with Crippen LogP contribution in [0.2, 0.25) is 0 Å². The molecule has 1 aromatic carbocycles. The van der Waals surface area contributed by atoms with E-state index in [4.69, 9.17) is 12.2 Å². The third-order valence-corrected chi connectivity index (χ3v) is 5.45. The third kappa shape index (κ3) is 3.14. The molecule has 7 heteroatoms. The topological polar surface area (TPSA) is 54.3 Å². The molecule has 1 aromatic heterocycles. The van der Waals surface area contributed by atoms with Crippen LogP contribution in [0, 0.1) is 11.7 Å². The number of hydrogen-bond donors (Lipinski definition) is 1. The van der Waals surface area contributed by atoms with Gasteiger partial charge in [-0.25, -0.2) is 4.39 Å². The Morgan fingerprint density at radius 3 is 2.65 bits per heavy atom. The molecule has 1 amide bonds. The average molecular weight is 371 g/mol. The van der Waals surface area contributed by atoms with Crippen LogP contribution in [0.25, 0.3) is 0 Å². The van der Waals surface area contributed by atoms with Crippen LogP contribution in [0.5, 0.6) is 0 Å². The van der Waals surface area contributed by atoms with Crippen molar-refractivity contribution < 1.29 is 9.18 Å². The zero-order valence-corrected chi connectivity index (χ0v) is 14.8. The Morgan fingerprint density at radius 2 is 1.88 bits per heavy atom. The van der Waals surface area contributed by atoms with Gasteiger partial charge in [-0.15, -0.1) is 0 Å². The van der Waals surface area contributed by atoms with Gasteiger partial charge in [-0.05, 0) is 54.9 Å². The predicted octanol–water partition coefficient (Wildman–Crippen LogP) is 2.12. The van der Waals surface area contributed by atoms with Gasteiger partial charge in [0, 0.05) is 42.9 Å². The maximum atomic E-state index is 13.0. The van der Waals surface area contributed by atoms with E-state index in [-0.39, 0.29) is 23.2 Å². The number of aromatic nitrogens is 1. The second-order valence-corrected chi connectivity index (χ2v) is 7.26. The molecule has 3 heterocycles. The maximum Gasteiger partial charge on any atom is 0.257 e. The van der Waals surface area contributed by atoms with Crippen LogP contribution >= 0.6 is 12.2 Å².